The van der Waals surface area contributed by atoms with Gasteiger partial charge in [0, 0.05) is 0 Å². The summed E-state index contributed by atoms with van der Waals surface area (Å²) in [5, 5.41) is 11.0. The minimum Gasteiger partial charge on any atom is -0.872 e. The topological polar surface area (TPSA) is 23.1 Å². The van der Waals surface area contributed by atoms with Gasteiger partial charge in [-0.25, -0.2) is 0 Å². The molecule has 0 aliphatic heterocycles. The van der Waals surface area contributed by atoms with Crippen LogP contribution in [0.1, 0.15) is 11.1 Å². The van der Waals surface area contributed by atoms with E-state index in [1.54, 1.807) is 0 Å². The van der Waals surface area contributed by atoms with Gasteiger partial charge in [-0.05, 0) is 13.8 Å². The van der Waals surface area contributed by atoms with Crippen molar-refractivity contribution in [2.24, 2.45) is 0 Å². The van der Waals surface area contributed by atoms with E-state index in [0.29, 0.717) is 0 Å². The molecule has 0 amide bonds. The molecule has 0 spiro atoms. The Kier molecular flexibility index (Phi) is 5.37. The normalized spacial score (nSPS) is 8.60. The van der Waals surface area contributed by atoms with Crippen molar-refractivity contribution in [3.8, 4) is 5.75 Å². The Balaban J connectivity index is 0.000000810. The van der Waals surface area contributed by atoms with Crippen molar-refractivity contribution in [3.63, 3.8) is 0 Å². The first kappa shape index (κ1) is 11.1. The van der Waals surface area contributed by atoms with Gasteiger partial charge in [-0.1, -0.05) is 29.3 Å². The summed E-state index contributed by atoms with van der Waals surface area (Å²) in [5.41, 5.74) is 1.66. The van der Waals surface area contributed by atoms with Crippen molar-refractivity contribution in [2.45, 2.75) is 13.8 Å². The number of rotatable bonds is 0. The first-order chi connectivity index (χ1) is 4.22. The number of hydrogen-bond acceptors (Lipinski definition) is 1. The van der Waals surface area contributed by atoms with Gasteiger partial charge in [0.15, 0.2) is 0 Å². The number of para-hydroxylation sites is 1. The fraction of sp³-hybridized carbons (Fsp3) is 0.250. The van der Waals surface area contributed by atoms with Crippen molar-refractivity contribution in [1.82, 2.24) is 0 Å². The molecule has 0 N–H and O–H groups in total. The zero-order valence-corrected chi connectivity index (χ0v) is 12.9. The van der Waals surface area contributed by atoms with Crippen LogP contribution in [0.5, 0.6) is 5.75 Å². The van der Waals surface area contributed by atoms with Gasteiger partial charge in [0.2, 0.25) is 0 Å². The maximum atomic E-state index is 11.0. The summed E-state index contributed by atoms with van der Waals surface area (Å²) in [7, 11) is 0. The van der Waals surface area contributed by atoms with E-state index in [9.17, 15) is 5.11 Å². The second-order valence-corrected chi connectivity index (χ2v) is 2.22. The van der Waals surface area contributed by atoms with E-state index < -0.39 is 0 Å². The summed E-state index contributed by atoms with van der Waals surface area (Å²) in [6.45, 7) is 3.66. The Labute approximate surface area is 120 Å². The number of aryl methyl sites for hydroxylation is 2. The van der Waals surface area contributed by atoms with Gasteiger partial charge in [-0.2, -0.15) is 0 Å². The molecule has 0 saturated heterocycles. The molecule has 0 heterocycles. The van der Waals surface area contributed by atoms with Crippen molar-refractivity contribution < 1.29 is 74.0 Å². The molecule has 0 unspecified atom stereocenters. The average Bonchev–Trinajstić information content (AvgIpc) is 1.83. The summed E-state index contributed by atoms with van der Waals surface area (Å²) in [5.74, 6) is 0.164. The maximum absolute atomic E-state index is 11.0. The molecule has 1 aromatic carbocycles. The quantitative estimate of drug-likeness (QED) is 0.546. The monoisotopic (exact) mass is 254 g/mol. The van der Waals surface area contributed by atoms with E-state index in [1.165, 1.54) is 0 Å². The van der Waals surface area contributed by atoms with E-state index >= 15 is 0 Å². The summed E-state index contributed by atoms with van der Waals surface area (Å²) in [4.78, 5) is 0. The number of benzene rings is 1. The van der Waals surface area contributed by atoms with Crippen LogP contribution < -0.4 is 74.0 Å². The second kappa shape index (κ2) is 4.85. The molecule has 2 heteroatoms. The predicted octanol–water partition coefficient (Wildman–Crippen LogP) is -1.62. The van der Waals surface area contributed by atoms with Crippen LogP contribution in [-0.4, -0.2) is 0 Å². The first-order valence-corrected chi connectivity index (χ1v) is 2.95. The van der Waals surface area contributed by atoms with E-state index in [0.717, 1.165) is 11.1 Å². The van der Waals surface area contributed by atoms with Crippen LogP contribution in [0.2, 0.25) is 0 Å². The smallest absolute Gasteiger partial charge is 0.872 e. The first-order valence-electron chi connectivity index (χ1n) is 2.95. The van der Waals surface area contributed by atoms with Crippen LogP contribution in [0.15, 0.2) is 18.2 Å². The maximum Gasteiger partial charge on any atom is 1.00 e. The van der Waals surface area contributed by atoms with E-state index in [2.05, 4.69) is 0 Å². The van der Waals surface area contributed by atoms with Gasteiger partial charge in [-0.3, -0.25) is 0 Å². The molecule has 1 aromatic rings. The molecule has 0 saturated carbocycles. The van der Waals surface area contributed by atoms with Gasteiger partial charge in [-0.15, -0.1) is 5.75 Å². The van der Waals surface area contributed by atoms with E-state index in [1.807, 2.05) is 32.0 Å². The standard InChI is InChI=1S/C8H10O.Cs/c1-6-4-3-5-7(2)8(6)9;/h3-5,9H,1-2H3;/q;+1/p-1. The molecule has 0 aliphatic carbocycles. The molecule has 48 valence electrons. The van der Waals surface area contributed by atoms with Crippen LogP contribution in [-0.2, 0) is 0 Å². The molecular weight excluding hydrogens is 245 g/mol. The SMILES string of the molecule is Cc1cccc(C)c1[O-].[Cs+]. The predicted molar refractivity (Wildman–Crippen MR) is 35.4 cm³/mol. The van der Waals surface area contributed by atoms with Gasteiger partial charge < -0.3 is 5.11 Å². The van der Waals surface area contributed by atoms with E-state index in [-0.39, 0.29) is 74.6 Å². The molecule has 0 bridgehead atoms. The molecule has 10 heavy (non-hydrogen) atoms. The zero-order valence-electron chi connectivity index (χ0n) is 6.64. The van der Waals surface area contributed by atoms with Crippen LogP contribution >= 0.6 is 0 Å². The van der Waals surface area contributed by atoms with Crippen LogP contribution in [0.3, 0.4) is 0 Å². The summed E-state index contributed by atoms with van der Waals surface area (Å²) >= 11 is 0. The minimum atomic E-state index is 0. The molecule has 1 nitrogen and oxygen atoms in total. The molecule has 0 aliphatic rings. The molecule has 0 radical (unpaired) electrons. The third-order valence-electron chi connectivity index (χ3n) is 1.41. The van der Waals surface area contributed by atoms with Crippen LogP contribution in [0.25, 0.3) is 0 Å². The molecule has 0 aromatic heterocycles. The largest absolute Gasteiger partial charge is 1.00 e. The molecule has 0 atom stereocenters. The average molecular weight is 254 g/mol. The van der Waals surface area contributed by atoms with Gasteiger partial charge >= 0.3 is 68.9 Å². The Morgan fingerprint density at radius 3 is 1.80 bits per heavy atom. The molecule has 0 fully saturated rings. The summed E-state index contributed by atoms with van der Waals surface area (Å²) in [6, 6.07) is 5.55. The summed E-state index contributed by atoms with van der Waals surface area (Å²) in [6.07, 6.45) is 0. The van der Waals surface area contributed by atoms with Crippen molar-refractivity contribution in [1.29, 1.82) is 0 Å². The van der Waals surface area contributed by atoms with Gasteiger partial charge in [0.25, 0.3) is 0 Å². The Morgan fingerprint density at radius 1 is 1.10 bits per heavy atom. The second-order valence-electron chi connectivity index (χ2n) is 2.22. The third kappa shape index (κ3) is 2.60. The van der Waals surface area contributed by atoms with Gasteiger partial charge in [0.1, 0.15) is 0 Å². The number of hydrogen-bond donors (Lipinski definition) is 0. The Bertz CT molecular complexity index is 200. The van der Waals surface area contributed by atoms with Crippen molar-refractivity contribution in [2.75, 3.05) is 0 Å². The van der Waals surface area contributed by atoms with Crippen LogP contribution in [0.4, 0.5) is 0 Å². The minimum absolute atomic E-state index is 0. The van der Waals surface area contributed by atoms with E-state index in [4.69, 9.17) is 0 Å². The fourth-order valence-electron chi connectivity index (χ4n) is 0.799. The summed E-state index contributed by atoms with van der Waals surface area (Å²) < 4.78 is 0. The Morgan fingerprint density at radius 2 is 1.50 bits per heavy atom. The van der Waals surface area contributed by atoms with Gasteiger partial charge in [0.05, 0.1) is 0 Å². The fourth-order valence-corrected chi connectivity index (χ4v) is 0.799. The molecule has 1 rings (SSSR count). The third-order valence-corrected chi connectivity index (χ3v) is 1.41. The van der Waals surface area contributed by atoms with Crippen molar-refractivity contribution in [3.05, 3.63) is 29.3 Å². The Hall–Kier alpha value is 1.07. The molecular formula is C8H9CsO. The van der Waals surface area contributed by atoms with Crippen molar-refractivity contribution >= 4 is 0 Å². The zero-order chi connectivity index (χ0) is 6.85. The van der Waals surface area contributed by atoms with Crippen LogP contribution in [0, 0.1) is 13.8 Å².